The minimum atomic E-state index is 0.242. The molecular weight excluding hydrogens is 328 g/mol. The minimum absolute atomic E-state index is 0.242. The van der Waals surface area contributed by atoms with Crippen LogP contribution in [0.3, 0.4) is 0 Å². The molecule has 0 aromatic carbocycles. The van der Waals surface area contributed by atoms with Crippen molar-refractivity contribution < 1.29 is 4.79 Å². The summed E-state index contributed by atoms with van der Waals surface area (Å²) in [5.41, 5.74) is 3.28. The fraction of sp³-hybridized carbons (Fsp3) is 0.579. The number of carbonyl (C=O) groups excluding carboxylic acids is 1. The van der Waals surface area contributed by atoms with Crippen LogP contribution in [0.1, 0.15) is 36.2 Å². The van der Waals surface area contributed by atoms with E-state index in [-0.39, 0.29) is 5.91 Å². The Morgan fingerprint density at radius 1 is 1.35 bits per heavy atom. The summed E-state index contributed by atoms with van der Waals surface area (Å²) >= 11 is 0. The summed E-state index contributed by atoms with van der Waals surface area (Å²) in [5.74, 6) is 1.52. The molecule has 1 aliphatic heterocycles. The maximum Gasteiger partial charge on any atom is 0.222 e. The minimum Gasteiger partial charge on any atom is -0.372 e. The Balaban J connectivity index is 1.55. The van der Waals surface area contributed by atoms with E-state index in [0.717, 1.165) is 61.5 Å². The Kier molecular flexibility index (Phi) is 5.85. The van der Waals surface area contributed by atoms with Crippen LogP contribution in [0.25, 0.3) is 0 Å². The summed E-state index contributed by atoms with van der Waals surface area (Å²) < 4.78 is 1.86. The first-order valence-corrected chi connectivity index (χ1v) is 9.31. The molecule has 3 heterocycles. The van der Waals surface area contributed by atoms with Crippen LogP contribution in [0, 0.1) is 12.8 Å². The highest BCUT2D eigenvalue weighted by Crippen LogP contribution is 2.23. The van der Waals surface area contributed by atoms with Gasteiger partial charge >= 0.3 is 0 Å². The van der Waals surface area contributed by atoms with Crippen LogP contribution in [0.5, 0.6) is 0 Å². The normalized spacial score (nSPS) is 17.3. The number of likely N-dealkylation sites (tertiary alicyclic amines) is 1. The van der Waals surface area contributed by atoms with Crippen LogP contribution in [-0.4, -0.2) is 50.7 Å². The van der Waals surface area contributed by atoms with Crippen molar-refractivity contribution in [3.63, 3.8) is 0 Å². The van der Waals surface area contributed by atoms with Gasteiger partial charge in [0.2, 0.25) is 5.91 Å². The number of hydrogen-bond acceptors (Lipinski definition) is 5. The van der Waals surface area contributed by atoms with Crippen molar-refractivity contribution in [3.8, 4) is 0 Å². The van der Waals surface area contributed by atoms with E-state index in [1.807, 2.05) is 36.8 Å². The van der Waals surface area contributed by atoms with E-state index in [9.17, 15) is 4.79 Å². The first-order valence-electron chi connectivity index (χ1n) is 9.31. The number of anilines is 1. The Morgan fingerprint density at radius 3 is 2.88 bits per heavy atom. The van der Waals surface area contributed by atoms with E-state index in [1.165, 1.54) is 0 Å². The molecule has 1 fully saturated rings. The van der Waals surface area contributed by atoms with E-state index in [2.05, 4.69) is 20.4 Å². The van der Waals surface area contributed by atoms with Gasteiger partial charge in [-0.15, -0.1) is 0 Å². The van der Waals surface area contributed by atoms with E-state index in [0.29, 0.717) is 12.3 Å². The summed E-state index contributed by atoms with van der Waals surface area (Å²) in [7, 11) is 3.80. The lowest BCUT2D eigenvalue weighted by molar-refractivity contribution is -0.133. The van der Waals surface area contributed by atoms with Crippen LogP contribution in [0.2, 0.25) is 0 Å². The van der Waals surface area contributed by atoms with Gasteiger partial charge in [-0.2, -0.15) is 5.10 Å². The molecule has 7 nitrogen and oxygen atoms in total. The monoisotopic (exact) mass is 356 g/mol. The zero-order valence-corrected chi connectivity index (χ0v) is 15.9. The third-order valence-electron chi connectivity index (χ3n) is 5.31. The average molecular weight is 356 g/mol. The van der Waals surface area contributed by atoms with Crippen molar-refractivity contribution in [1.29, 1.82) is 0 Å². The molecule has 140 valence electrons. The second-order valence-corrected chi connectivity index (χ2v) is 7.03. The summed E-state index contributed by atoms with van der Waals surface area (Å²) in [5, 5.41) is 7.36. The maximum absolute atomic E-state index is 12.7. The molecule has 2 aromatic rings. The van der Waals surface area contributed by atoms with Gasteiger partial charge in [0, 0.05) is 51.7 Å². The van der Waals surface area contributed by atoms with Gasteiger partial charge in [-0.25, -0.2) is 4.98 Å². The van der Waals surface area contributed by atoms with Crippen LogP contribution >= 0.6 is 0 Å². The number of nitrogens with one attached hydrogen (secondary N) is 1. The highest BCUT2D eigenvalue weighted by Gasteiger charge is 2.25. The zero-order chi connectivity index (χ0) is 18.5. The fourth-order valence-corrected chi connectivity index (χ4v) is 3.65. The molecule has 3 rings (SSSR count). The standard InChI is InChI=1S/C19H28N6O/c1-14-16(12-23-24(14)3)6-7-18(26)25-10-4-5-15(13-25)11-17-19(20-2)22-9-8-21-17/h8-9,12,15H,4-7,10-11,13H2,1-3H3,(H,20,22)/t15-/m1/s1. The number of carbonyl (C=O) groups is 1. The largest absolute Gasteiger partial charge is 0.372 e. The molecule has 1 N–H and O–H groups in total. The molecule has 7 heteroatoms. The summed E-state index contributed by atoms with van der Waals surface area (Å²) in [4.78, 5) is 23.5. The Labute approximate surface area is 154 Å². The fourth-order valence-electron chi connectivity index (χ4n) is 3.65. The summed E-state index contributed by atoms with van der Waals surface area (Å²) in [6.45, 7) is 3.72. The van der Waals surface area contributed by atoms with Crippen LogP contribution in [-0.2, 0) is 24.7 Å². The molecular formula is C19H28N6O. The van der Waals surface area contributed by atoms with Crippen molar-refractivity contribution in [3.05, 3.63) is 35.5 Å². The first kappa shape index (κ1) is 18.4. The summed E-state index contributed by atoms with van der Waals surface area (Å²) in [6, 6.07) is 0. The average Bonchev–Trinajstić information content (AvgIpc) is 2.99. The smallest absolute Gasteiger partial charge is 0.222 e. The number of amides is 1. The summed E-state index contributed by atoms with van der Waals surface area (Å²) in [6.07, 6.45) is 9.65. The van der Waals surface area contributed by atoms with Crippen molar-refractivity contribution >= 4 is 11.7 Å². The Hall–Kier alpha value is -2.44. The lowest BCUT2D eigenvalue weighted by Gasteiger charge is -2.33. The topological polar surface area (TPSA) is 75.9 Å². The number of nitrogens with zero attached hydrogens (tertiary/aromatic N) is 5. The molecule has 0 aliphatic carbocycles. The Bertz CT molecular complexity index is 756. The SMILES string of the molecule is CNc1nccnc1C[C@H]1CCCN(C(=O)CCc2cnn(C)c2C)C1. The van der Waals surface area contributed by atoms with Gasteiger partial charge in [0.1, 0.15) is 5.82 Å². The van der Waals surface area contributed by atoms with Gasteiger partial charge in [-0.05, 0) is 44.1 Å². The number of rotatable bonds is 6. The van der Waals surface area contributed by atoms with Crippen molar-refractivity contribution in [2.24, 2.45) is 13.0 Å². The van der Waals surface area contributed by atoms with Gasteiger partial charge in [0.05, 0.1) is 11.9 Å². The van der Waals surface area contributed by atoms with Gasteiger partial charge in [-0.3, -0.25) is 14.5 Å². The molecule has 0 saturated carbocycles. The second-order valence-electron chi connectivity index (χ2n) is 7.03. The van der Waals surface area contributed by atoms with Gasteiger partial charge in [-0.1, -0.05) is 0 Å². The molecule has 26 heavy (non-hydrogen) atoms. The first-order chi connectivity index (χ1) is 12.6. The molecule has 0 bridgehead atoms. The maximum atomic E-state index is 12.7. The number of aromatic nitrogens is 4. The number of hydrogen-bond donors (Lipinski definition) is 1. The number of piperidine rings is 1. The van der Waals surface area contributed by atoms with Gasteiger partial charge in [0.25, 0.3) is 0 Å². The van der Waals surface area contributed by atoms with Crippen molar-refractivity contribution in [2.75, 3.05) is 25.5 Å². The highest BCUT2D eigenvalue weighted by atomic mass is 16.2. The van der Waals surface area contributed by atoms with Gasteiger partial charge in [0.15, 0.2) is 0 Å². The molecule has 1 amide bonds. The van der Waals surface area contributed by atoms with Crippen LogP contribution in [0.15, 0.2) is 18.6 Å². The molecule has 2 aromatic heterocycles. The van der Waals surface area contributed by atoms with Crippen LogP contribution in [0.4, 0.5) is 5.82 Å². The predicted molar refractivity (Wildman–Crippen MR) is 101 cm³/mol. The van der Waals surface area contributed by atoms with E-state index < -0.39 is 0 Å². The molecule has 0 spiro atoms. The van der Waals surface area contributed by atoms with Crippen molar-refractivity contribution in [2.45, 2.75) is 39.0 Å². The molecule has 0 unspecified atom stereocenters. The lowest BCUT2D eigenvalue weighted by Crippen LogP contribution is -2.40. The highest BCUT2D eigenvalue weighted by molar-refractivity contribution is 5.76. The zero-order valence-electron chi connectivity index (χ0n) is 15.9. The third kappa shape index (κ3) is 4.20. The quantitative estimate of drug-likeness (QED) is 0.856. The Morgan fingerprint density at radius 2 is 2.15 bits per heavy atom. The number of aryl methyl sites for hydroxylation is 2. The lowest BCUT2D eigenvalue weighted by atomic mass is 9.93. The van der Waals surface area contributed by atoms with Crippen LogP contribution < -0.4 is 5.32 Å². The predicted octanol–water partition coefficient (Wildman–Crippen LogP) is 1.97. The van der Waals surface area contributed by atoms with Crippen molar-refractivity contribution in [1.82, 2.24) is 24.6 Å². The molecule has 1 aliphatic rings. The molecule has 1 saturated heterocycles. The van der Waals surface area contributed by atoms with E-state index in [4.69, 9.17) is 0 Å². The molecule has 0 radical (unpaired) electrons. The third-order valence-corrected chi connectivity index (χ3v) is 5.31. The van der Waals surface area contributed by atoms with Gasteiger partial charge < -0.3 is 10.2 Å². The van der Waals surface area contributed by atoms with E-state index >= 15 is 0 Å². The second kappa shape index (κ2) is 8.29. The molecule has 1 atom stereocenters. The van der Waals surface area contributed by atoms with E-state index in [1.54, 1.807) is 12.4 Å².